The van der Waals surface area contributed by atoms with Gasteiger partial charge in [-0.3, -0.25) is 9.78 Å². The minimum absolute atomic E-state index is 0.134. The Morgan fingerprint density at radius 3 is 2.78 bits per heavy atom. The molecule has 0 bridgehead atoms. The number of nitrogen functional groups attached to an aromatic ring is 1. The van der Waals surface area contributed by atoms with Crippen LogP contribution in [0.25, 0.3) is 11.4 Å². The number of nitrogens with two attached hydrogens (primary N) is 1. The molecule has 2 aromatic heterocycles. The van der Waals surface area contributed by atoms with Crippen LogP contribution in [0.3, 0.4) is 0 Å². The first-order valence-electron chi connectivity index (χ1n) is 7.80. The molecule has 120 valence electrons. The number of piperidine rings is 1. The van der Waals surface area contributed by atoms with E-state index in [9.17, 15) is 4.79 Å². The Morgan fingerprint density at radius 2 is 2.04 bits per heavy atom. The van der Waals surface area contributed by atoms with Gasteiger partial charge < -0.3 is 16.0 Å². The summed E-state index contributed by atoms with van der Waals surface area (Å²) in [5.74, 6) is -0.134. The highest BCUT2D eigenvalue weighted by molar-refractivity contribution is 5.93. The molecular formula is C17H21N5O. The van der Waals surface area contributed by atoms with Crippen molar-refractivity contribution in [2.24, 2.45) is 0 Å². The molecule has 6 heteroatoms. The Morgan fingerprint density at radius 1 is 1.26 bits per heavy atom. The van der Waals surface area contributed by atoms with Gasteiger partial charge in [0.1, 0.15) is 5.69 Å². The highest BCUT2D eigenvalue weighted by Gasteiger charge is 2.19. The summed E-state index contributed by atoms with van der Waals surface area (Å²) in [6, 6.07) is 9.06. The van der Waals surface area contributed by atoms with E-state index in [0.717, 1.165) is 25.9 Å². The van der Waals surface area contributed by atoms with E-state index in [4.69, 9.17) is 5.73 Å². The van der Waals surface area contributed by atoms with E-state index >= 15 is 0 Å². The van der Waals surface area contributed by atoms with Crippen LogP contribution >= 0.6 is 0 Å². The Bertz CT molecular complexity index is 695. The third kappa shape index (κ3) is 3.84. The summed E-state index contributed by atoms with van der Waals surface area (Å²) in [6.07, 6.45) is 3.58. The first-order valence-corrected chi connectivity index (χ1v) is 7.80. The molecule has 1 fully saturated rings. The van der Waals surface area contributed by atoms with Crippen LogP contribution in [0.2, 0.25) is 0 Å². The Kier molecular flexibility index (Phi) is 4.52. The molecule has 0 spiro atoms. The minimum Gasteiger partial charge on any atom is -0.399 e. The fourth-order valence-corrected chi connectivity index (χ4v) is 2.70. The fraction of sp³-hybridized carbons (Fsp3) is 0.353. The average Bonchev–Trinajstić information content (AvgIpc) is 2.57. The Balaban J connectivity index is 1.73. The van der Waals surface area contributed by atoms with Crippen LogP contribution < -0.4 is 11.1 Å². The van der Waals surface area contributed by atoms with Gasteiger partial charge in [-0.25, -0.2) is 4.98 Å². The quantitative estimate of drug-likeness (QED) is 0.898. The lowest BCUT2D eigenvalue weighted by Crippen LogP contribution is -2.43. The molecule has 3 rings (SSSR count). The van der Waals surface area contributed by atoms with Crippen molar-refractivity contribution >= 4 is 11.6 Å². The van der Waals surface area contributed by atoms with Crippen molar-refractivity contribution in [2.75, 3.05) is 25.9 Å². The number of aromatic nitrogens is 2. The second-order valence-corrected chi connectivity index (χ2v) is 5.93. The number of pyridine rings is 2. The molecule has 1 aliphatic rings. The van der Waals surface area contributed by atoms with Crippen LogP contribution in [-0.4, -0.2) is 47.0 Å². The van der Waals surface area contributed by atoms with Crippen molar-refractivity contribution in [3.63, 3.8) is 0 Å². The van der Waals surface area contributed by atoms with Gasteiger partial charge in [0.05, 0.1) is 11.4 Å². The van der Waals surface area contributed by atoms with Crippen molar-refractivity contribution < 1.29 is 4.79 Å². The standard InChI is InChI=1S/C17H21N5O/c1-22-9-6-13(7-10-22)20-17(23)15-4-2-3-14(21-15)16-11-12(18)5-8-19-16/h2-5,8,11,13H,6-7,9-10H2,1H3,(H2,18,19)(H,20,23). The van der Waals surface area contributed by atoms with E-state index < -0.39 is 0 Å². The molecule has 0 radical (unpaired) electrons. The van der Waals surface area contributed by atoms with E-state index in [2.05, 4.69) is 27.2 Å². The number of carbonyl (C=O) groups is 1. The molecule has 0 aliphatic carbocycles. The summed E-state index contributed by atoms with van der Waals surface area (Å²) >= 11 is 0. The van der Waals surface area contributed by atoms with Crippen LogP contribution in [0.5, 0.6) is 0 Å². The van der Waals surface area contributed by atoms with Gasteiger partial charge in [0, 0.05) is 17.9 Å². The van der Waals surface area contributed by atoms with Gasteiger partial charge in [0.15, 0.2) is 0 Å². The fourth-order valence-electron chi connectivity index (χ4n) is 2.70. The highest BCUT2D eigenvalue weighted by Crippen LogP contribution is 2.17. The molecule has 0 atom stereocenters. The van der Waals surface area contributed by atoms with Gasteiger partial charge in [-0.05, 0) is 57.2 Å². The van der Waals surface area contributed by atoms with E-state index in [1.807, 2.05) is 12.1 Å². The molecule has 2 aromatic rings. The number of rotatable bonds is 3. The van der Waals surface area contributed by atoms with Crippen molar-refractivity contribution in [3.05, 3.63) is 42.2 Å². The van der Waals surface area contributed by atoms with Gasteiger partial charge in [0.25, 0.3) is 5.91 Å². The maximum absolute atomic E-state index is 12.4. The molecule has 23 heavy (non-hydrogen) atoms. The molecule has 0 saturated carbocycles. The number of likely N-dealkylation sites (tertiary alicyclic amines) is 1. The first kappa shape index (κ1) is 15.4. The number of anilines is 1. The zero-order chi connectivity index (χ0) is 16.2. The average molecular weight is 311 g/mol. The van der Waals surface area contributed by atoms with Crippen LogP contribution in [0.4, 0.5) is 5.69 Å². The lowest BCUT2D eigenvalue weighted by atomic mass is 10.1. The maximum atomic E-state index is 12.4. The number of nitrogens with zero attached hydrogens (tertiary/aromatic N) is 3. The van der Waals surface area contributed by atoms with Gasteiger partial charge in [-0.2, -0.15) is 0 Å². The molecule has 1 saturated heterocycles. The number of hydrogen-bond donors (Lipinski definition) is 2. The van der Waals surface area contributed by atoms with Gasteiger partial charge in [-0.1, -0.05) is 6.07 Å². The summed E-state index contributed by atoms with van der Waals surface area (Å²) in [7, 11) is 2.10. The topological polar surface area (TPSA) is 84.1 Å². The third-order valence-corrected chi connectivity index (χ3v) is 4.08. The summed E-state index contributed by atoms with van der Waals surface area (Å²) in [5.41, 5.74) is 8.12. The Hall–Kier alpha value is -2.47. The third-order valence-electron chi connectivity index (χ3n) is 4.08. The molecule has 3 heterocycles. The lowest BCUT2D eigenvalue weighted by Gasteiger charge is -2.29. The lowest BCUT2D eigenvalue weighted by molar-refractivity contribution is 0.0912. The van der Waals surface area contributed by atoms with E-state index in [-0.39, 0.29) is 11.9 Å². The van der Waals surface area contributed by atoms with Crippen molar-refractivity contribution in [2.45, 2.75) is 18.9 Å². The van der Waals surface area contributed by atoms with Crippen LogP contribution in [0, 0.1) is 0 Å². The second kappa shape index (κ2) is 6.75. The number of amides is 1. The summed E-state index contributed by atoms with van der Waals surface area (Å²) in [6.45, 7) is 2.01. The van der Waals surface area contributed by atoms with Gasteiger partial charge >= 0.3 is 0 Å². The predicted molar refractivity (Wildman–Crippen MR) is 89.9 cm³/mol. The summed E-state index contributed by atoms with van der Waals surface area (Å²) < 4.78 is 0. The second-order valence-electron chi connectivity index (χ2n) is 5.93. The molecule has 1 amide bonds. The molecule has 6 nitrogen and oxygen atoms in total. The van der Waals surface area contributed by atoms with E-state index in [1.165, 1.54) is 0 Å². The smallest absolute Gasteiger partial charge is 0.270 e. The van der Waals surface area contributed by atoms with Crippen molar-refractivity contribution in [1.82, 2.24) is 20.2 Å². The summed E-state index contributed by atoms with van der Waals surface area (Å²) in [5, 5.41) is 3.07. The molecular weight excluding hydrogens is 290 g/mol. The number of hydrogen-bond acceptors (Lipinski definition) is 5. The van der Waals surface area contributed by atoms with Crippen molar-refractivity contribution in [3.8, 4) is 11.4 Å². The predicted octanol–water partition coefficient (Wildman–Crippen LogP) is 1.55. The largest absolute Gasteiger partial charge is 0.399 e. The molecule has 0 unspecified atom stereocenters. The molecule has 0 aromatic carbocycles. The number of carbonyl (C=O) groups excluding carboxylic acids is 1. The van der Waals surface area contributed by atoms with Crippen LogP contribution in [-0.2, 0) is 0 Å². The van der Waals surface area contributed by atoms with E-state index in [1.54, 1.807) is 24.4 Å². The van der Waals surface area contributed by atoms with Crippen molar-refractivity contribution in [1.29, 1.82) is 0 Å². The van der Waals surface area contributed by atoms with Gasteiger partial charge in [0.2, 0.25) is 0 Å². The van der Waals surface area contributed by atoms with E-state index in [0.29, 0.717) is 22.8 Å². The SMILES string of the molecule is CN1CCC(NC(=O)c2cccc(-c3cc(N)ccn3)n2)CC1. The van der Waals surface area contributed by atoms with Gasteiger partial charge in [-0.15, -0.1) is 0 Å². The molecule has 1 aliphatic heterocycles. The monoisotopic (exact) mass is 311 g/mol. The zero-order valence-electron chi connectivity index (χ0n) is 13.2. The zero-order valence-corrected chi connectivity index (χ0v) is 13.2. The van der Waals surface area contributed by atoms with Crippen LogP contribution in [0.15, 0.2) is 36.5 Å². The number of nitrogens with one attached hydrogen (secondary N) is 1. The first-order chi connectivity index (χ1) is 11.1. The van der Waals surface area contributed by atoms with Crippen LogP contribution in [0.1, 0.15) is 23.3 Å². The molecule has 3 N–H and O–H groups in total. The maximum Gasteiger partial charge on any atom is 0.270 e. The Labute approximate surface area is 135 Å². The normalized spacial score (nSPS) is 16.2. The summed E-state index contributed by atoms with van der Waals surface area (Å²) in [4.78, 5) is 23.4. The minimum atomic E-state index is -0.134. The highest BCUT2D eigenvalue weighted by atomic mass is 16.1.